The van der Waals surface area contributed by atoms with Gasteiger partial charge in [-0.1, -0.05) is 0 Å². The Morgan fingerprint density at radius 2 is 1.83 bits per heavy atom. The van der Waals surface area contributed by atoms with Crippen LogP contribution in [0.15, 0.2) is 47.4 Å². The zero-order chi connectivity index (χ0) is 25.0. The van der Waals surface area contributed by atoms with Gasteiger partial charge in [-0.3, -0.25) is 9.36 Å². The lowest BCUT2D eigenvalue weighted by Gasteiger charge is -2.45. The van der Waals surface area contributed by atoms with E-state index in [2.05, 4.69) is 34.3 Å². The summed E-state index contributed by atoms with van der Waals surface area (Å²) in [6.45, 7) is 3.59. The molecule has 0 saturated carbocycles. The van der Waals surface area contributed by atoms with E-state index in [1.165, 1.54) is 24.4 Å². The Labute approximate surface area is 202 Å². The molecule has 2 aliphatic heterocycles. The van der Waals surface area contributed by atoms with Crippen LogP contribution in [0.4, 0.5) is 14.6 Å². The summed E-state index contributed by atoms with van der Waals surface area (Å²) in [5.74, 6) is -0.107. The van der Waals surface area contributed by atoms with E-state index >= 15 is 0 Å². The van der Waals surface area contributed by atoms with Gasteiger partial charge in [-0.25, -0.2) is 8.78 Å². The van der Waals surface area contributed by atoms with E-state index < -0.39 is 18.2 Å². The number of piperidine rings is 1. The van der Waals surface area contributed by atoms with Crippen molar-refractivity contribution in [1.29, 1.82) is 0 Å². The molecule has 1 aromatic carbocycles. The summed E-state index contributed by atoms with van der Waals surface area (Å²) in [7, 11) is 2.02. The molecular formula is C26H29F2N5O2. The molecule has 3 atom stereocenters. The van der Waals surface area contributed by atoms with Crippen molar-refractivity contribution in [3.05, 3.63) is 58.8 Å². The van der Waals surface area contributed by atoms with E-state index in [9.17, 15) is 18.7 Å². The molecule has 2 aliphatic rings. The predicted octanol–water partition coefficient (Wildman–Crippen LogP) is 4.24. The Morgan fingerprint density at radius 3 is 2.43 bits per heavy atom. The fourth-order valence-corrected chi connectivity index (χ4v) is 5.70. The highest BCUT2D eigenvalue weighted by Crippen LogP contribution is 2.44. The number of nitrogens with zero attached hydrogens (tertiary/aromatic N) is 4. The summed E-state index contributed by atoms with van der Waals surface area (Å²) in [4.78, 5) is 14.1. The van der Waals surface area contributed by atoms with Gasteiger partial charge >= 0.3 is 0 Å². The number of aromatic nitrogens is 3. The van der Waals surface area contributed by atoms with Gasteiger partial charge in [-0.05, 0) is 75.4 Å². The maximum absolute atomic E-state index is 15.0. The summed E-state index contributed by atoms with van der Waals surface area (Å²) in [5.41, 5.74) is 0.488. The third kappa shape index (κ3) is 4.29. The number of phenolic OH excluding ortho intramolecular Hbond substituents is 1. The number of pyridine rings is 1. The minimum Gasteiger partial charge on any atom is -0.507 e. The number of aromatic hydroxyl groups is 1. The molecule has 4 heterocycles. The first-order chi connectivity index (χ1) is 16.6. The molecular weight excluding hydrogens is 452 g/mol. The maximum atomic E-state index is 15.0. The average Bonchev–Trinajstić information content (AvgIpc) is 3.06. The fourth-order valence-electron chi connectivity index (χ4n) is 5.70. The summed E-state index contributed by atoms with van der Waals surface area (Å²) < 4.78 is 28.6. The molecule has 0 amide bonds. The van der Waals surface area contributed by atoms with Crippen molar-refractivity contribution in [2.45, 2.75) is 63.4 Å². The summed E-state index contributed by atoms with van der Waals surface area (Å²) in [5, 5.41) is 23.0. The van der Waals surface area contributed by atoms with Crippen molar-refractivity contribution in [1.82, 2.24) is 20.1 Å². The second-order valence-electron chi connectivity index (χ2n) is 10.4. The molecule has 1 unspecified atom stereocenters. The van der Waals surface area contributed by atoms with E-state index in [-0.39, 0.29) is 33.5 Å². The molecule has 3 aromatic rings. The zero-order valence-corrected chi connectivity index (χ0v) is 20.1. The average molecular weight is 482 g/mol. The third-order valence-corrected chi connectivity index (χ3v) is 7.56. The highest BCUT2D eigenvalue weighted by atomic mass is 19.1. The molecule has 0 aliphatic carbocycles. The van der Waals surface area contributed by atoms with Crippen LogP contribution in [0.1, 0.15) is 39.5 Å². The van der Waals surface area contributed by atoms with Gasteiger partial charge in [0.1, 0.15) is 11.6 Å². The SMILES string of the molecule is CN(c1ccc(-c2cc(F)c(-c3ccn(CF)c(=O)c3)cc2O)nn1)C1C[C@]2(C)CC[C@](C)(C1)N2. The van der Waals surface area contributed by atoms with Crippen molar-refractivity contribution in [3.63, 3.8) is 0 Å². The van der Waals surface area contributed by atoms with Crippen molar-refractivity contribution in [3.8, 4) is 28.1 Å². The second kappa shape index (κ2) is 8.41. The molecule has 5 rings (SSSR count). The zero-order valence-electron chi connectivity index (χ0n) is 20.1. The largest absolute Gasteiger partial charge is 0.507 e. The molecule has 0 radical (unpaired) electrons. The number of alkyl halides is 1. The minimum absolute atomic E-state index is 0.0428. The highest BCUT2D eigenvalue weighted by molar-refractivity contribution is 5.74. The Hall–Kier alpha value is -3.33. The van der Waals surface area contributed by atoms with Crippen LogP contribution < -0.4 is 15.8 Å². The Morgan fingerprint density at radius 1 is 1.11 bits per heavy atom. The summed E-state index contributed by atoms with van der Waals surface area (Å²) in [6, 6.07) is 8.85. The summed E-state index contributed by atoms with van der Waals surface area (Å²) >= 11 is 0. The Kier molecular flexibility index (Phi) is 5.62. The first kappa shape index (κ1) is 23.4. The van der Waals surface area contributed by atoms with Gasteiger partial charge in [-0.15, -0.1) is 10.2 Å². The van der Waals surface area contributed by atoms with Gasteiger partial charge in [-0.2, -0.15) is 0 Å². The van der Waals surface area contributed by atoms with Crippen LogP contribution in [0.5, 0.6) is 5.75 Å². The summed E-state index contributed by atoms with van der Waals surface area (Å²) in [6.07, 6.45) is 5.61. The molecule has 184 valence electrons. The molecule has 2 aromatic heterocycles. The number of phenols is 1. The van der Waals surface area contributed by atoms with Crippen molar-refractivity contribution >= 4 is 5.82 Å². The van der Waals surface area contributed by atoms with Crippen molar-refractivity contribution < 1.29 is 13.9 Å². The van der Waals surface area contributed by atoms with Gasteiger partial charge in [0.25, 0.3) is 5.56 Å². The third-order valence-electron chi connectivity index (χ3n) is 7.56. The molecule has 2 saturated heterocycles. The number of hydrogen-bond donors (Lipinski definition) is 2. The molecule has 9 heteroatoms. The van der Waals surface area contributed by atoms with Crippen LogP contribution in [-0.2, 0) is 6.80 Å². The van der Waals surface area contributed by atoms with Gasteiger partial charge in [0.15, 0.2) is 12.6 Å². The van der Waals surface area contributed by atoms with E-state index in [1.54, 1.807) is 6.07 Å². The lowest BCUT2D eigenvalue weighted by atomic mass is 9.84. The van der Waals surface area contributed by atoms with Gasteiger partial charge < -0.3 is 15.3 Å². The van der Waals surface area contributed by atoms with Gasteiger partial charge in [0, 0.05) is 47.6 Å². The highest BCUT2D eigenvalue weighted by Gasteiger charge is 2.49. The standard InChI is InChI=1S/C26H29F2N5O2/c1-25-7-8-26(2,31-25)14-17(13-25)32(3)23-5-4-21(29-30-23)19-11-20(28)18(12-22(19)34)16-6-9-33(15-27)24(35)10-16/h4-6,9-12,17,31,34H,7-8,13-15H2,1-3H3/t17?,25-,26+. The van der Waals surface area contributed by atoms with Gasteiger partial charge in [0.05, 0.1) is 5.69 Å². The van der Waals surface area contributed by atoms with Crippen LogP contribution in [0, 0.1) is 5.82 Å². The molecule has 7 nitrogen and oxygen atoms in total. The molecule has 0 spiro atoms. The Bertz CT molecular complexity index is 1310. The molecule has 2 fully saturated rings. The van der Waals surface area contributed by atoms with E-state index in [4.69, 9.17) is 0 Å². The molecule has 35 heavy (non-hydrogen) atoms. The number of fused-ring (bicyclic) bond motifs is 2. The molecule has 2 bridgehead atoms. The Balaban J connectivity index is 1.39. The number of halogens is 2. The number of anilines is 1. The maximum Gasteiger partial charge on any atom is 0.253 e. The van der Waals surface area contributed by atoms with Crippen LogP contribution in [-0.4, -0.2) is 44.0 Å². The number of hydrogen-bond acceptors (Lipinski definition) is 6. The normalized spacial score (nSPS) is 25.6. The quantitative estimate of drug-likeness (QED) is 0.567. The van der Waals surface area contributed by atoms with Crippen LogP contribution in [0.25, 0.3) is 22.4 Å². The number of nitrogens with one attached hydrogen (secondary N) is 1. The first-order valence-electron chi connectivity index (χ1n) is 11.8. The van der Waals surface area contributed by atoms with Crippen LogP contribution in [0.3, 0.4) is 0 Å². The predicted molar refractivity (Wildman–Crippen MR) is 130 cm³/mol. The van der Waals surface area contributed by atoms with Crippen molar-refractivity contribution in [2.75, 3.05) is 11.9 Å². The van der Waals surface area contributed by atoms with E-state index in [0.717, 1.165) is 42.1 Å². The topological polar surface area (TPSA) is 83.3 Å². The second-order valence-corrected chi connectivity index (χ2v) is 10.4. The van der Waals surface area contributed by atoms with Crippen LogP contribution in [0.2, 0.25) is 0 Å². The van der Waals surface area contributed by atoms with E-state index in [0.29, 0.717) is 11.7 Å². The monoisotopic (exact) mass is 481 g/mol. The number of benzene rings is 1. The lowest BCUT2D eigenvalue weighted by Crippen LogP contribution is -2.58. The fraction of sp³-hybridized carbons (Fsp3) is 0.423. The minimum atomic E-state index is -0.966. The molecule has 2 N–H and O–H groups in total. The number of rotatable bonds is 5. The van der Waals surface area contributed by atoms with Crippen LogP contribution >= 0.6 is 0 Å². The van der Waals surface area contributed by atoms with Crippen molar-refractivity contribution in [2.24, 2.45) is 0 Å². The lowest BCUT2D eigenvalue weighted by molar-refractivity contribution is 0.207. The first-order valence-corrected chi connectivity index (χ1v) is 11.8. The van der Waals surface area contributed by atoms with Gasteiger partial charge in [0.2, 0.25) is 0 Å². The van der Waals surface area contributed by atoms with E-state index in [1.807, 2.05) is 13.1 Å². The smallest absolute Gasteiger partial charge is 0.253 e.